The van der Waals surface area contributed by atoms with Gasteiger partial charge in [0.2, 0.25) is 11.8 Å². The Hall–Kier alpha value is -2.64. The Morgan fingerprint density at radius 3 is 2.49 bits per heavy atom. The summed E-state index contributed by atoms with van der Waals surface area (Å²) in [5, 5.41) is 0. The van der Waals surface area contributed by atoms with Gasteiger partial charge in [0.15, 0.2) is 0 Å². The number of likely N-dealkylation sites (tertiary alicyclic amines) is 1. The first-order valence-corrected chi connectivity index (χ1v) is 14.0. The maximum Gasteiger partial charge on any atom is 0.240 e. The summed E-state index contributed by atoms with van der Waals surface area (Å²) in [6.45, 7) is 5.03. The summed E-state index contributed by atoms with van der Waals surface area (Å²) < 4.78 is 5.68. The van der Waals surface area contributed by atoms with Crippen molar-refractivity contribution >= 4 is 11.8 Å². The second-order valence-electron chi connectivity index (χ2n) is 11.0. The van der Waals surface area contributed by atoms with Crippen molar-refractivity contribution in [2.45, 2.75) is 83.0 Å². The van der Waals surface area contributed by atoms with Crippen molar-refractivity contribution in [2.75, 3.05) is 26.7 Å². The van der Waals surface area contributed by atoms with E-state index in [9.17, 15) is 9.59 Å². The van der Waals surface area contributed by atoms with Gasteiger partial charge in [-0.1, -0.05) is 49.6 Å². The molecule has 2 aliphatic rings. The van der Waals surface area contributed by atoms with Crippen LogP contribution < -0.4 is 5.73 Å². The Balaban J connectivity index is 1.49. The highest BCUT2D eigenvalue weighted by molar-refractivity contribution is 5.85. The maximum atomic E-state index is 14.2. The third-order valence-electron chi connectivity index (χ3n) is 8.46. The molecule has 1 aromatic heterocycles. The molecule has 0 unspecified atom stereocenters. The number of hydrogen-bond acceptors (Lipinski definition) is 5. The molecule has 2 amide bonds. The van der Waals surface area contributed by atoms with E-state index in [2.05, 4.69) is 34.1 Å². The number of hydrogen-bond donors (Lipinski definition) is 1. The number of carbonyl (C=O) groups is 2. The molecule has 2 fully saturated rings. The fourth-order valence-electron chi connectivity index (χ4n) is 6.17. The van der Waals surface area contributed by atoms with E-state index in [0.717, 1.165) is 76.9 Å². The minimum atomic E-state index is -0.474. The van der Waals surface area contributed by atoms with Gasteiger partial charge in [0.25, 0.3) is 0 Å². The van der Waals surface area contributed by atoms with Gasteiger partial charge < -0.3 is 15.1 Å². The zero-order valence-corrected chi connectivity index (χ0v) is 22.6. The average molecular weight is 509 g/mol. The highest BCUT2D eigenvalue weighted by Gasteiger charge is 2.41. The van der Waals surface area contributed by atoms with Gasteiger partial charge in [-0.2, -0.15) is 0 Å². The van der Waals surface area contributed by atoms with Crippen LogP contribution in [0.25, 0.3) is 0 Å². The quantitative estimate of drug-likeness (QED) is 0.467. The summed E-state index contributed by atoms with van der Waals surface area (Å²) in [6.07, 6.45) is 10.3. The van der Waals surface area contributed by atoms with E-state index in [1.54, 1.807) is 6.26 Å². The van der Waals surface area contributed by atoms with Crippen LogP contribution in [-0.2, 0) is 22.6 Å². The largest absolute Gasteiger partial charge is 0.468 e. The number of primary amides is 1. The van der Waals surface area contributed by atoms with Crippen molar-refractivity contribution in [1.29, 1.82) is 0 Å². The average Bonchev–Trinajstić information content (AvgIpc) is 3.60. The van der Waals surface area contributed by atoms with Crippen LogP contribution in [0, 0.1) is 5.92 Å². The fourth-order valence-corrected chi connectivity index (χ4v) is 6.17. The lowest BCUT2D eigenvalue weighted by Gasteiger charge is -2.41. The highest BCUT2D eigenvalue weighted by Crippen LogP contribution is 2.32. The molecule has 3 atom stereocenters. The van der Waals surface area contributed by atoms with Crippen molar-refractivity contribution in [2.24, 2.45) is 11.7 Å². The summed E-state index contributed by atoms with van der Waals surface area (Å²) in [4.78, 5) is 32.7. The number of amides is 2. The minimum absolute atomic E-state index is 0.154. The Morgan fingerprint density at radius 2 is 1.81 bits per heavy atom. The monoisotopic (exact) mass is 508 g/mol. The van der Waals surface area contributed by atoms with Crippen molar-refractivity contribution in [3.63, 3.8) is 0 Å². The van der Waals surface area contributed by atoms with Crippen molar-refractivity contribution < 1.29 is 14.0 Å². The SMILES string of the molecule is C[C@@H](C(N)=O)N(C)[C@H](C(=O)N1CCC[C@H]1CN(CCc1ccccc1)Cc1ccco1)C1CCCCC1. The first kappa shape index (κ1) is 27.4. The third-order valence-corrected chi connectivity index (χ3v) is 8.46. The number of nitrogens with zero attached hydrogens (tertiary/aromatic N) is 3. The van der Waals surface area contributed by atoms with Crippen LogP contribution in [0.3, 0.4) is 0 Å². The lowest BCUT2D eigenvalue weighted by molar-refractivity contribution is -0.142. The minimum Gasteiger partial charge on any atom is -0.468 e. The van der Waals surface area contributed by atoms with E-state index in [0.29, 0.717) is 0 Å². The molecule has 37 heavy (non-hydrogen) atoms. The number of rotatable bonds is 12. The van der Waals surface area contributed by atoms with E-state index in [1.807, 2.05) is 37.1 Å². The summed E-state index contributed by atoms with van der Waals surface area (Å²) in [5.41, 5.74) is 6.99. The number of benzene rings is 1. The summed E-state index contributed by atoms with van der Waals surface area (Å²) in [7, 11) is 1.90. The molecule has 2 heterocycles. The molecule has 1 aliphatic heterocycles. The molecule has 2 aromatic rings. The molecule has 1 saturated heterocycles. The molecular weight excluding hydrogens is 464 g/mol. The molecule has 4 rings (SSSR count). The number of likely N-dealkylation sites (N-methyl/N-ethyl adjacent to an activating group) is 1. The van der Waals surface area contributed by atoms with Crippen LogP contribution in [0.1, 0.15) is 63.2 Å². The van der Waals surface area contributed by atoms with E-state index >= 15 is 0 Å². The van der Waals surface area contributed by atoms with E-state index in [-0.39, 0.29) is 29.8 Å². The molecular formula is C30H44N4O3. The van der Waals surface area contributed by atoms with Gasteiger partial charge in [0.1, 0.15) is 5.76 Å². The molecule has 202 valence electrons. The lowest BCUT2D eigenvalue weighted by Crippen LogP contribution is -2.58. The van der Waals surface area contributed by atoms with Crippen LogP contribution in [0.5, 0.6) is 0 Å². The number of nitrogens with two attached hydrogens (primary N) is 1. The van der Waals surface area contributed by atoms with Crippen LogP contribution in [0.4, 0.5) is 0 Å². The van der Waals surface area contributed by atoms with E-state index in [4.69, 9.17) is 10.2 Å². The van der Waals surface area contributed by atoms with Gasteiger partial charge in [0, 0.05) is 25.7 Å². The normalized spacial score (nSPS) is 20.4. The molecule has 1 saturated carbocycles. The smallest absolute Gasteiger partial charge is 0.240 e. The number of furan rings is 1. The summed E-state index contributed by atoms with van der Waals surface area (Å²) in [6, 6.07) is 13.9. The summed E-state index contributed by atoms with van der Waals surface area (Å²) >= 11 is 0. The Kier molecular flexibility index (Phi) is 9.81. The maximum absolute atomic E-state index is 14.2. The van der Waals surface area contributed by atoms with Crippen LogP contribution in [0.2, 0.25) is 0 Å². The topological polar surface area (TPSA) is 83.0 Å². The zero-order valence-electron chi connectivity index (χ0n) is 22.6. The van der Waals surface area contributed by atoms with Crippen LogP contribution >= 0.6 is 0 Å². The molecule has 0 spiro atoms. The van der Waals surface area contributed by atoms with E-state index < -0.39 is 6.04 Å². The van der Waals surface area contributed by atoms with Gasteiger partial charge in [0.05, 0.1) is 24.9 Å². The van der Waals surface area contributed by atoms with Gasteiger partial charge in [-0.15, -0.1) is 0 Å². The summed E-state index contributed by atoms with van der Waals surface area (Å²) in [5.74, 6) is 1.01. The fraction of sp³-hybridized carbons (Fsp3) is 0.600. The lowest BCUT2D eigenvalue weighted by atomic mass is 9.82. The first-order chi connectivity index (χ1) is 17.9. The molecule has 0 radical (unpaired) electrons. The van der Waals surface area contributed by atoms with E-state index in [1.165, 1.54) is 12.0 Å². The number of carbonyl (C=O) groups excluding carboxylic acids is 2. The standard InChI is InChI=1S/C30H44N4O3/c1-23(29(31)35)32(2)28(25-13-7-4-8-14-25)30(36)34-18-9-15-26(34)21-33(22-27-16-10-20-37-27)19-17-24-11-5-3-6-12-24/h3,5-6,10-12,16,20,23,25-26,28H,4,7-9,13-15,17-19,21-22H2,1-2H3,(H2,31,35)/t23-,26-,28-/m0/s1. The highest BCUT2D eigenvalue weighted by atomic mass is 16.3. The predicted molar refractivity (Wildman–Crippen MR) is 146 cm³/mol. The van der Waals surface area contributed by atoms with Crippen molar-refractivity contribution in [3.8, 4) is 0 Å². The van der Waals surface area contributed by atoms with Gasteiger partial charge in [-0.05, 0) is 69.7 Å². The molecule has 1 aliphatic carbocycles. The van der Waals surface area contributed by atoms with Crippen LogP contribution in [0.15, 0.2) is 53.1 Å². The Bertz CT molecular complexity index is 974. The zero-order chi connectivity index (χ0) is 26.2. The molecule has 7 heteroatoms. The molecule has 7 nitrogen and oxygen atoms in total. The van der Waals surface area contributed by atoms with Crippen LogP contribution in [-0.4, -0.2) is 71.3 Å². The van der Waals surface area contributed by atoms with Gasteiger partial charge in [-0.3, -0.25) is 19.4 Å². The second-order valence-corrected chi connectivity index (χ2v) is 11.0. The van der Waals surface area contributed by atoms with Crippen molar-refractivity contribution in [1.82, 2.24) is 14.7 Å². The Morgan fingerprint density at radius 1 is 1.05 bits per heavy atom. The second kappa shape index (κ2) is 13.2. The molecule has 2 N–H and O–H groups in total. The first-order valence-electron chi connectivity index (χ1n) is 14.0. The molecule has 0 bridgehead atoms. The van der Waals surface area contributed by atoms with Gasteiger partial charge in [-0.25, -0.2) is 0 Å². The predicted octanol–water partition coefficient (Wildman–Crippen LogP) is 4.07. The molecule has 1 aromatic carbocycles. The van der Waals surface area contributed by atoms with Gasteiger partial charge >= 0.3 is 0 Å². The Labute approximate surface area is 222 Å². The van der Waals surface area contributed by atoms with Crippen molar-refractivity contribution in [3.05, 3.63) is 60.1 Å². The third kappa shape index (κ3) is 7.23.